The Kier molecular flexibility index (Phi) is 11.6. The third-order valence-corrected chi connectivity index (χ3v) is 11.9. The Bertz CT molecular complexity index is 3520. The zero-order valence-corrected chi connectivity index (χ0v) is 39.5. The largest absolute Gasteiger partial charge is 0.501 e. The number of nitrogens with zero attached hydrogens (tertiary/aromatic N) is 4. The fraction of sp³-hybridized carbons (Fsp3) is 0.117. The Labute approximate surface area is 404 Å². The standard InChI is InChI=1S/C43H35N2O.C17H13N2.Ir/c1-27(2)36-24-32(30-16-9-6-10-17-30)25-37(28(3)4)41(36)45-39-21-12-11-20-38(39)44-43(45)35-19-13-18-34-33-23-22-31(26-40(33)46-42(34)35)29-14-7-5-8-15-29;1-13-7-8-16(19-12-13)15-9-10-18-17(11-15)14-5-3-2-4-6-14;/h5-18,20-28H,1-4H3;2-8,10-12H,1H3;/q2*-1;/i;1D3;. The number of furan rings is 1. The summed E-state index contributed by atoms with van der Waals surface area (Å²) in [4.78, 5) is 13.8. The van der Waals surface area contributed by atoms with E-state index in [0.717, 1.165) is 66.7 Å². The van der Waals surface area contributed by atoms with Crippen LogP contribution < -0.4 is 0 Å². The van der Waals surface area contributed by atoms with Crippen LogP contribution in [-0.2, 0) is 20.1 Å². The molecule has 0 bridgehead atoms. The van der Waals surface area contributed by atoms with E-state index in [2.05, 4.69) is 170 Å². The quantitative estimate of drug-likeness (QED) is 0.142. The van der Waals surface area contributed by atoms with Crippen molar-refractivity contribution in [1.82, 2.24) is 19.5 Å². The molecule has 1 radical (unpaired) electrons. The topological polar surface area (TPSA) is 56.7 Å². The molecule has 0 unspecified atom stereocenters. The number of aromatic nitrogens is 4. The zero-order valence-electron chi connectivity index (χ0n) is 40.1. The van der Waals surface area contributed by atoms with Crippen LogP contribution in [0.1, 0.15) is 60.3 Å². The Morgan fingerprint density at radius 3 is 1.88 bits per heavy atom. The summed E-state index contributed by atoms with van der Waals surface area (Å²) in [6, 6.07) is 66.5. The van der Waals surface area contributed by atoms with E-state index in [1.54, 1.807) is 18.3 Å². The van der Waals surface area contributed by atoms with Gasteiger partial charge in [0, 0.05) is 47.2 Å². The number of imidazole rings is 1. The van der Waals surface area contributed by atoms with Gasteiger partial charge < -0.3 is 14.0 Å². The summed E-state index contributed by atoms with van der Waals surface area (Å²) in [6.45, 7) is 7.00. The third-order valence-electron chi connectivity index (χ3n) is 11.9. The van der Waals surface area contributed by atoms with Crippen LogP contribution in [-0.4, -0.2) is 19.5 Å². The molecule has 11 aromatic rings. The van der Waals surface area contributed by atoms with Crippen molar-refractivity contribution in [3.8, 4) is 61.8 Å². The number of benzene rings is 7. The fourth-order valence-corrected chi connectivity index (χ4v) is 8.61. The van der Waals surface area contributed by atoms with E-state index >= 15 is 0 Å². The molecule has 6 heteroatoms. The van der Waals surface area contributed by atoms with E-state index in [4.69, 9.17) is 13.5 Å². The van der Waals surface area contributed by atoms with Gasteiger partial charge in [-0.05, 0) is 105 Å². The molecule has 4 aromatic heterocycles. The molecule has 0 saturated heterocycles. The monoisotopic (exact) mass is 1040 g/mol. The Balaban J connectivity index is 0.000000217. The zero-order chi connectivity index (χ0) is 46.9. The molecular formula is C60H48IrN4O-2. The van der Waals surface area contributed by atoms with Crippen molar-refractivity contribution >= 4 is 33.0 Å². The second kappa shape index (κ2) is 19.1. The number of fused-ring (bicyclic) bond motifs is 4. The molecular weight excluding hydrogens is 985 g/mol. The number of hydrogen-bond acceptors (Lipinski definition) is 4. The molecule has 0 N–H and O–H groups in total. The maximum absolute atomic E-state index is 7.37. The Hall–Kier alpha value is -7.24. The number of para-hydroxylation sites is 2. The molecule has 0 spiro atoms. The molecule has 0 aliphatic rings. The molecule has 0 aliphatic heterocycles. The van der Waals surface area contributed by atoms with Crippen LogP contribution in [0.15, 0.2) is 193 Å². The van der Waals surface area contributed by atoms with E-state index in [-0.39, 0.29) is 37.5 Å². The maximum Gasteiger partial charge on any atom is 0.121 e. The minimum absolute atomic E-state index is 0. The number of pyridine rings is 2. The number of rotatable bonds is 8. The summed E-state index contributed by atoms with van der Waals surface area (Å²) in [5.41, 5.74) is 16.6. The average Bonchev–Trinajstić information content (AvgIpc) is 3.95. The molecule has 4 heterocycles. The van der Waals surface area contributed by atoms with Crippen molar-refractivity contribution in [2.24, 2.45) is 0 Å². The van der Waals surface area contributed by atoms with Crippen LogP contribution in [0.4, 0.5) is 0 Å². The second-order valence-corrected chi connectivity index (χ2v) is 16.9. The van der Waals surface area contributed by atoms with Gasteiger partial charge in [0.15, 0.2) is 0 Å². The first-order chi connectivity index (χ1) is 33.0. The van der Waals surface area contributed by atoms with E-state index < -0.39 is 6.85 Å². The van der Waals surface area contributed by atoms with E-state index in [1.165, 1.54) is 39.7 Å². The van der Waals surface area contributed by atoms with Gasteiger partial charge in [-0.15, -0.1) is 24.3 Å². The normalized spacial score (nSPS) is 12.1. The maximum atomic E-state index is 7.37. The number of hydrogen-bond donors (Lipinski definition) is 0. The van der Waals surface area contributed by atoms with Crippen LogP contribution in [0.2, 0.25) is 0 Å². The van der Waals surface area contributed by atoms with E-state index in [0.29, 0.717) is 5.69 Å². The minimum atomic E-state index is -2.14. The van der Waals surface area contributed by atoms with Gasteiger partial charge in [0.25, 0.3) is 0 Å². The van der Waals surface area contributed by atoms with Gasteiger partial charge in [0.1, 0.15) is 5.58 Å². The third kappa shape index (κ3) is 8.66. The summed E-state index contributed by atoms with van der Waals surface area (Å²) < 4.78 is 31.2. The van der Waals surface area contributed by atoms with Crippen LogP contribution in [0.5, 0.6) is 0 Å². The molecule has 0 fully saturated rings. The molecule has 11 rings (SSSR count). The van der Waals surface area contributed by atoms with Gasteiger partial charge in [0.05, 0.1) is 22.4 Å². The molecule has 7 aromatic carbocycles. The molecule has 0 amide bonds. The summed E-state index contributed by atoms with van der Waals surface area (Å²) in [5.74, 6) is 1.41. The van der Waals surface area contributed by atoms with Crippen LogP contribution >= 0.6 is 0 Å². The number of aryl methyl sites for hydroxylation is 1. The fourth-order valence-electron chi connectivity index (χ4n) is 8.61. The molecule has 66 heavy (non-hydrogen) atoms. The van der Waals surface area contributed by atoms with Crippen LogP contribution in [0, 0.1) is 19.0 Å². The summed E-state index contributed by atoms with van der Waals surface area (Å²) in [6.07, 6.45) is 3.00. The van der Waals surface area contributed by atoms with Gasteiger partial charge in [-0.3, -0.25) is 9.97 Å². The van der Waals surface area contributed by atoms with Gasteiger partial charge >= 0.3 is 0 Å². The SMILES string of the molecule is CC(C)c1cc(-c2ccccc2)cc(C(C)C)c1-n1c(-c2[c-]ccc3c2oc2cc(-c4ccccc4)ccc23)nc2ccccc21.[2H]C([2H])([2H])c1ccc(-c2[c-]cnc(-c3ccccc3)c2)nc1.[Ir]. The van der Waals surface area contributed by atoms with Crippen LogP contribution in [0.3, 0.4) is 0 Å². The summed E-state index contributed by atoms with van der Waals surface area (Å²) in [5, 5.41) is 2.15. The van der Waals surface area contributed by atoms with Crippen molar-refractivity contribution in [3.05, 3.63) is 217 Å². The molecule has 325 valence electrons. The van der Waals surface area contributed by atoms with Crippen LogP contribution in [0.25, 0.3) is 94.8 Å². The smallest absolute Gasteiger partial charge is 0.121 e. The molecule has 5 nitrogen and oxygen atoms in total. The summed E-state index contributed by atoms with van der Waals surface area (Å²) in [7, 11) is 0. The van der Waals surface area contributed by atoms with Crippen molar-refractivity contribution in [3.63, 3.8) is 0 Å². The average molecular weight is 1040 g/mol. The van der Waals surface area contributed by atoms with Crippen molar-refractivity contribution < 1.29 is 28.6 Å². The van der Waals surface area contributed by atoms with Crippen molar-refractivity contribution in [2.75, 3.05) is 0 Å². The Morgan fingerprint density at radius 1 is 0.576 bits per heavy atom. The Morgan fingerprint density at radius 2 is 1.23 bits per heavy atom. The first-order valence-electron chi connectivity index (χ1n) is 23.6. The van der Waals surface area contributed by atoms with Crippen molar-refractivity contribution in [2.45, 2.75) is 46.4 Å². The van der Waals surface area contributed by atoms with E-state index in [9.17, 15) is 0 Å². The van der Waals surface area contributed by atoms with Crippen molar-refractivity contribution in [1.29, 1.82) is 0 Å². The minimum Gasteiger partial charge on any atom is -0.501 e. The molecule has 0 aliphatic carbocycles. The molecule has 0 saturated carbocycles. The predicted octanol–water partition coefficient (Wildman–Crippen LogP) is 15.9. The first kappa shape index (κ1) is 40.3. The first-order valence-corrected chi connectivity index (χ1v) is 22.1. The van der Waals surface area contributed by atoms with Gasteiger partial charge in [0.2, 0.25) is 0 Å². The second-order valence-electron chi connectivity index (χ2n) is 16.9. The summed E-state index contributed by atoms with van der Waals surface area (Å²) >= 11 is 0. The van der Waals surface area contributed by atoms with Gasteiger partial charge in [-0.25, -0.2) is 0 Å². The van der Waals surface area contributed by atoms with Gasteiger partial charge in [-0.2, -0.15) is 11.6 Å². The predicted molar refractivity (Wildman–Crippen MR) is 268 cm³/mol. The molecule has 0 atom stereocenters. The van der Waals surface area contributed by atoms with Gasteiger partial charge in [-0.1, -0.05) is 166 Å². The van der Waals surface area contributed by atoms with E-state index in [1.807, 2.05) is 48.5 Å².